The number of halogens is 4. The van der Waals surface area contributed by atoms with Gasteiger partial charge in [0.2, 0.25) is 0 Å². The summed E-state index contributed by atoms with van der Waals surface area (Å²) in [4.78, 5) is 20.2. The minimum atomic E-state index is -4.39. The first-order valence-electron chi connectivity index (χ1n) is 15.1. The predicted octanol–water partition coefficient (Wildman–Crippen LogP) is 6.27. The van der Waals surface area contributed by atoms with Crippen molar-refractivity contribution in [2.24, 2.45) is 0 Å². The zero-order valence-electron chi connectivity index (χ0n) is 24.8. The number of nitrogens with zero attached hydrogens (tertiary/aromatic N) is 7. The molecule has 238 valence electrons. The molecule has 1 saturated carbocycles. The third-order valence-corrected chi connectivity index (χ3v) is 8.05. The Balaban J connectivity index is 1.21. The summed E-state index contributed by atoms with van der Waals surface area (Å²) in [7, 11) is 2.11. The summed E-state index contributed by atoms with van der Waals surface area (Å²) < 4.78 is 59.1. The van der Waals surface area contributed by atoms with Gasteiger partial charge in [0, 0.05) is 55.0 Å². The number of anilines is 3. The van der Waals surface area contributed by atoms with Crippen LogP contribution in [0.1, 0.15) is 38.5 Å². The Hall–Kier alpha value is -4.33. The molecule has 14 heteroatoms. The van der Waals surface area contributed by atoms with Gasteiger partial charge in [-0.1, -0.05) is 0 Å². The fraction of sp³-hybridized carbons (Fsp3) is 0.452. The first kappa shape index (κ1) is 30.7. The topological polar surface area (TPSA) is 106 Å². The Morgan fingerprint density at radius 3 is 2.47 bits per heavy atom. The maximum absolute atomic E-state index is 13.9. The van der Waals surface area contributed by atoms with Crippen LogP contribution in [0.25, 0.3) is 22.6 Å². The second kappa shape index (κ2) is 13.3. The van der Waals surface area contributed by atoms with E-state index in [-0.39, 0.29) is 18.0 Å². The van der Waals surface area contributed by atoms with E-state index in [0.717, 1.165) is 47.6 Å². The summed E-state index contributed by atoms with van der Waals surface area (Å²) in [5.41, 5.74) is 2.64. The summed E-state index contributed by atoms with van der Waals surface area (Å²) in [6.07, 6.45) is 6.89. The fourth-order valence-electron chi connectivity index (χ4n) is 5.62. The second-order valence-electron chi connectivity index (χ2n) is 11.6. The van der Waals surface area contributed by atoms with Crippen molar-refractivity contribution in [1.82, 2.24) is 34.6 Å². The average molecular weight is 626 g/mol. The highest BCUT2D eigenvalue weighted by molar-refractivity contribution is 5.78. The normalized spacial score (nSPS) is 19.8. The summed E-state index contributed by atoms with van der Waals surface area (Å²) in [6.45, 7) is 0.808. The highest BCUT2D eigenvalue weighted by atomic mass is 19.4. The molecule has 2 fully saturated rings. The predicted molar refractivity (Wildman–Crippen MR) is 162 cm³/mol. The molecule has 6 rings (SSSR count). The molecular formula is C31H35F4N9O. The molecule has 0 bridgehead atoms. The summed E-state index contributed by atoms with van der Waals surface area (Å²) in [6, 6.07) is 7.42. The van der Waals surface area contributed by atoms with E-state index in [1.165, 1.54) is 18.6 Å². The number of alkyl halides is 4. The number of rotatable bonds is 9. The van der Waals surface area contributed by atoms with Crippen molar-refractivity contribution in [1.29, 1.82) is 0 Å². The number of hydrogen-bond acceptors (Lipinski definition) is 9. The van der Waals surface area contributed by atoms with Gasteiger partial charge in [-0.15, -0.1) is 0 Å². The van der Waals surface area contributed by atoms with E-state index in [9.17, 15) is 17.6 Å². The Bertz CT molecular complexity index is 1560. The minimum absolute atomic E-state index is 0.0944. The molecule has 4 aromatic heterocycles. The van der Waals surface area contributed by atoms with Crippen molar-refractivity contribution >= 4 is 17.3 Å². The molecule has 1 saturated heterocycles. The van der Waals surface area contributed by atoms with Crippen LogP contribution < -0.4 is 15.4 Å². The quantitative estimate of drug-likeness (QED) is 0.208. The standard InChI is InChI=1S/C31H35F4N9O/c1-43-12-9-23(10-13-43)45-24-6-7-26(37-16-24)25-17-38-29(14-27(25)40-22-4-2-21(32)3-5-22)41-28-8-11-36-30(42-28)20-15-39-44(18-20)19-31(33,34)35/h6-8,11,14-18,21-23H,2-5,9-10,12-13,19H2,1H3,(H2,36,38,40,41,42). The number of ether oxygens (including phenoxy) is 1. The van der Waals surface area contributed by atoms with Gasteiger partial charge in [0.1, 0.15) is 36.2 Å². The van der Waals surface area contributed by atoms with Gasteiger partial charge < -0.3 is 20.3 Å². The van der Waals surface area contributed by atoms with Crippen LogP contribution in [0, 0.1) is 0 Å². The van der Waals surface area contributed by atoms with Crippen LogP contribution in [0.5, 0.6) is 5.75 Å². The molecule has 5 heterocycles. The Morgan fingerprint density at radius 1 is 0.933 bits per heavy atom. The molecule has 2 aliphatic rings. The number of piperidine rings is 1. The first-order valence-corrected chi connectivity index (χ1v) is 15.1. The maximum Gasteiger partial charge on any atom is 0.408 e. The molecular weight excluding hydrogens is 590 g/mol. The third kappa shape index (κ3) is 8.24. The van der Waals surface area contributed by atoms with Crippen LogP contribution >= 0.6 is 0 Å². The molecule has 1 aliphatic heterocycles. The molecule has 0 unspecified atom stereocenters. The van der Waals surface area contributed by atoms with Gasteiger partial charge >= 0.3 is 6.18 Å². The second-order valence-corrected chi connectivity index (χ2v) is 11.6. The smallest absolute Gasteiger partial charge is 0.408 e. The van der Waals surface area contributed by atoms with E-state index in [1.54, 1.807) is 18.5 Å². The maximum atomic E-state index is 13.9. The van der Waals surface area contributed by atoms with Crippen molar-refractivity contribution in [3.8, 4) is 28.4 Å². The average Bonchev–Trinajstić information content (AvgIpc) is 3.47. The zero-order chi connectivity index (χ0) is 31.4. The van der Waals surface area contributed by atoms with E-state index in [1.807, 2.05) is 18.2 Å². The first-order chi connectivity index (χ1) is 21.7. The van der Waals surface area contributed by atoms with Crippen molar-refractivity contribution in [3.63, 3.8) is 0 Å². The molecule has 0 aromatic carbocycles. The van der Waals surface area contributed by atoms with Gasteiger partial charge in [-0.05, 0) is 63.8 Å². The molecule has 0 radical (unpaired) electrons. The summed E-state index contributed by atoms with van der Waals surface area (Å²) in [5, 5.41) is 10.5. The molecule has 1 aliphatic carbocycles. The van der Waals surface area contributed by atoms with Crippen LogP contribution in [0.3, 0.4) is 0 Å². The van der Waals surface area contributed by atoms with Gasteiger partial charge in [0.15, 0.2) is 5.82 Å². The molecule has 0 spiro atoms. The SMILES string of the molecule is CN1CCC(Oc2ccc(-c3cnc(Nc4ccnc(-c5cnn(CC(F)(F)F)c5)n4)cc3NC3CCC(F)CC3)nc2)CC1. The van der Waals surface area contributed by atoms with Gasteiger partial charge in [-0.2, -0.15) is 18.3 Å². The highest BCUT2D eigenvalue weighted by Crippen LogP contribution is 2.33. The van der Waals surface area contributed by atoms with Crippen LogP contribution in [0.4, 0.5) is 34.9 Å². The molecule has 0 amide bonds. The molecule has 4 aromatic rings. The lowest BCUT2D eigenvalue weighted by molar-refractivity contribution is -0.142. The lowest BCUT2D eigenvalue weighted by Gasteiger charge is -2.29. The van der Waals surface area contributed by atoms with Crippen LogP contribution in [0.15, 0.2) is 55.2 Å². The largest absolute Gasteiger partial charge is 0.489 e. The highest BCUT2D eigenvalue weighted by Gasteiger charge is 2.28. The number of hydrogen-bond donors (Lipinski definition) is 2. The Morgan fingerprint density at radius 2 is 1.73 bits per heavy atom. The number of pyridine rings is 2. The van der Waals surface area contributed by atoms with E-state index in [2.05, 4.69) is 47.6 Å². The number of nitrogens with one attached hydrogen (secondary N) is 2. The molecule has 45 heavy (non-hydrogen) atoms. The molecule has 0 atom stereocenters. The van der Waals surface area contributed by atoms with E-state index in [4.69, 9.17) is 4.74 Å². The van der Waals surface area contributed by atoms with Gasteiger partial charge in [0.25, 0.3) is 0 Å². The van der Waals surface area contributed by atoms with Crippen molar-refractivity contribution in [3.05, 3.63) is 55.2 Å². The van der Waals surface area contributed by atoms with E-state index in [0.29, 0.717) is 48.6 Å². The van der Waals surface area contributed by atoms with Gasteiger partial charge in [0.05, 0.1) is 23.7 Å². The number of likely N-dealkylation sites (tertiary alicyclic amines) is 1. The number of aromatic nitrogens is 6. The Labute approximate surface area is 258 Å². The minimum Gasteiger partial charge on any atom is -0.489 e. The lowest BCUT2D eigenvalue weighted by atomic mass is 9.93. The molecule has 2 N–H and O–H groups in total. The van der Waals surface area contributed by atoms with Gasteiger partial charge in [-0.3, -0.25) is 9.67 Å². The van der Waals surface area contributed by atoms with Crippen molar-refractivity contribution in [2.45, 2.75) is 69.6 Å². The lowest BCUT2D eigenvalue weighted by Crippen LogP contribution is -2.35. The summed E-state index contributed by atoms with van der Waals surface area (Å²) in [5.74, 6) is 1.83. The van der Waals surface area contributed by atoms with Crippen molar-refractivity contribution < 1.29 is 22.3 Å². The third-order valence-electron chi connectivity index (χ3n) is 8.05. The van der Waals surface area contributed by atoms with E-state index < -0.39 is 18.9 Å². The summed E-state index contributed by atoms with van der Waals surface area (Å²) >= 11 is 0. The van der Waals surface area contributed by atoms with E-state index >= 15 is 0 Å². The van der Waals surface area contributed by atoms with Crippen LogP contribution in [-0.2, 0) is 6.54 Å². The Kier molecular flexibility index (Phi) is 9.10. The van der Waals surface area contributed by atoms with Crippen LogP contribution in [-0.4, -0.2) is 79.2 Å². The van der Waals surface area contributed by atoms with Gasteiger partial charge in [-0.25, -0.2) is 19.3 Å². The zero-order valence-corrected chi connectivity index (χ0v) is 24.8. The van der Waals surface area contributed by atoms with Crippen LogP contribution in [0.2, 0.25) is 0 Å². The molecule has 10 nitrogen and oxygen atoms in total. The fourth-order valence-corrected chi connectivity index (χ4v) is 5.62. The monoisotopic (exact) mass is 625 g/mol. The van der Waals surface area contributed by atoms with Crippen molar-refractivity contribution in [2.75, 3.05) is 30.8 Å².